The van der Waals surface area contributed by atoms with Crippen molar-refractivity contribution in [2.75, 3.05) is 4.90 Å². The smallest absolute Gasteiger partial charge is 0.261 e. The van der Waals surface area contributed by atoms with Crippen LogP contribution in [0.4, 0.5) is 5.69 Å². The topological polar surface area (TPSA) is 106 Å². The van der Waals surface area contributed by atoms with Gasteiger partial charge in [-0.05, 0) is 39.0 Å². The Morgan fingerprint density at radius 2 is 1.88 bits per heavy atom. The van der Waals surface area contributed by atoms with Gasteiger partial charge in [0.25, 0.3) is 5.56 Å². The van der Waals surface area contributed by atoms with Gasteiger partial charge in [0.05, 0.1) is 22.6 Å². The number of benzene rings is 2. The zero-order valence-electron chi connectivity index (χ0n) is 19.1. The molecule has 1 saturated heterocycles. The highest BCUT2D eigenvalue weighted by atomic mass is 16.5. The summed E-state index contributed by atoms with van der Waals surface area (Å²) < 4.78 is 8.53. The van der Waals surface area contributed by atoms with Gasteiger partial charge in [-0.3, -0.25) is 29.2 Å². The van der Waals surface area contributed by atoms with E-state index < -0.39 is 23.5 Å². The van der Waals surface area contributed by atoms with E-state index in [4.69, 9.17) is 9.72 Å². The molecule has 0 radical (unpaired) electrons. The normalized spacial score (nSPS) is 31.8. The molecule has 2 aromatic carbocycles. The zero-order valence-corrected chi connectivity index (χ0v) is 19.1. The molecule has 0 unspecified atom stereocenters. The van der Waals surface area contributed by atoms with E-state index in [9.17, 15) is 14.4 Å². The maximum absolute atomic E-state index is 13.7. The van der Waals surface area contributed by atoms with E-state index in [1.807, 2.05) is 44.2 Å². The molecule has 9 nitrogen and oxygen atoms in total. The molecule has 9 heteroatoms. The van der Waals surface area contributed by atoms with Gasteiger partial charge in [0.2, 0.25) is 12.3 Å². The van der Waals surface area contributed by atoms with Crippen LogP contribution >= 0.6 is 0 Å². The van der Waals surface area contributed by atoms with E-state index in [0.29, 0.717) is 29.6 Å². The second-order valence-electron chi connectivity index (χ2n) is 9.48. The summed E-state index contributed by atoms with van der Waals surface area (Å²) in [7, 11) is 0. The van der Waals surface area contributed by atoms with Crippen LogP contribution in [0.2, 0.25) is 0 Å². The number of para-hydroxylation sites is 2. The number of carbonyl (C=O) groups excluding carboxylic acids is 2. The van der Waals surface area contributed by atoms with E-state index in [-0.39, 0.29) is 17.5 Å². The highest BCUT2D eigenvalue weighted by Gasteiger charge is 2.62. The number of fused-ring (bicyclic) bond motifs is 7. The zero-order chi connectivity index (χ0) is 23.8. The van der Waals surface area contributed by atoms with Gasteiger partial charge in [-0.2, -0.15) is 0 Å². The van der Waals surface area contributed by atoms with Crippen LogP contribution in [0.5, 0.6) is 0 Å². The number of anilines is 1. The fraction of sp³-hybridized carbons (Fsp3) is 0.360. The molecule has 1 spiro atoms. The first-order chi connectivity index (χ1) is 16.3. The maximum atomic E-state index is 13.7. The van der Waals surface area contributed by atoms with Crippen molar-refractivity contribution < 1.29 is 14.3 Å². The summed E-state index contributed by atoms with van der Waals surface area (Å²) >= 11 is 0. The Balaban J connectivity index is 1.64. The van der Waals surface area contributed by atoms with Crippen LogP contribution in [-0.4, -0.2) is 34.1 Å². The molecule has 3 aromatic rings. The van der Waals surface area contributed by atoms with Gasteiger partial charge in [0.1, 0.15) is 11.8 Å². The Labute approximate surface area is 195 Å². The largest absolute Gasteiger partial charge is 0.334 e. The molecule has 0 saturated carbocycles. The predicted molar refractivity (Wildman–Crippen MR) is 125 cm³/mol. The lowest BCUT2D eigenvalue weighted by atomic mass is 9.86. The third kappa shape index (κ3) is 2.56. The van der Waals surface area contributed by atoms with E-state index in [1.165, 1.54) is 0 Å². The lowest BCUT2D eigenvalue weighted by Crippen LogP contribution is -2.56. The first-order valence-corrected chi connectivity index (χ1v) is 11.4. The lowest BCUT2D eigenvalue weighted by Gasteiger charge is -2.41. The molecule has 1 aromatic heterocycles. The molecule has 1 fully saturated rings. The van der Waals surface area contributed by atoms with E-state index in [0.717, 1.165) is 11.3 Å². The second kappa shape index (κ2) is 6.97. The van der Waals surface area contributed by atoms with Gasteiger partial charge < -0.3 is 10.1 Å². The average molecular weight is 460 g/mol. The van der Waals surface area contributed by atoms with Gasteiger partial charge in [0, 0.05) is 18.0 Å². The van der Waals surface area contributed by atoms with Gasteiger partial charge in [-0.15, -0.1) is 0 Å². The minimum Gasteiger partial charge on any atom is -0.334 e. The molecule has 174 valence electrons. The molecule has 3 aliphatic rings. The highest BCUT2D eigenvalue weighted by molar-refractivity contribution is 6.02. The van der Waals surface area contributed by atoms with Crippen molar-refractivity contribution >= 4 is 28.9 Å². The number of nitrogens with one attached hydrogen (secondary N) is 2. The molecule has 0 bridgehead atoms. The number of hydrogen-bond donors (Lipinski definition) is 2. The summed E-state index contributed by atoms with van der Waals surface area (Å²) in [5.41, 5.74) is -0.529. The van der Waals surface area contributed by atoms with Crippen molar-refractivity contribution in [3.8, 4) is 0 Å². The van der Waals surface area contributed by atoms with Crippen molar-refractivity contribution in [2.24, 2.45) is 0 Å². The Morgan fingerprint density at radius 1 is 1.15 bits per heavy atom. The lowest BCUT2D eigenvalue weighted by molar-refractivity contribution is -0.187. The number of carbonyl (C=O) groups is 2. The van der Waals surface area contributed by atoms with Gasteiger partial charge >= 0.3 is 0 Å². The number of ether oxygens (including phenoxy) is 1. The van der Waals surface area contributed by atoms with E-state index >= 15 is 0 Å². The SMILES string of the molecule is C[C@@H]1N[C@H]2N(C1=O)c1ccccc1[C@@]21C[C@H](C)n2c(nc3ccccc3c2=O)[C@](C)(NC=O)O1. The Morgan fingerprint density at radius 3 is 2.68 bits per heavy atom. The first-order valence-electron chi connectivity index (χ1n) is 11.4. The van der Waals surface area contributed by atoms with Gasteiger partial charge in [-0.1, -0.05) is 30.3 Å². The quantitative estimate of drug-likeness (QED) is 0.567. The summed E-state index contributed by atoms with van der Waals surface area (Å²) in [6.07, 6.45) is 0.451. The van der Waals surface area contributed by atoms with Crippen LogP contribution in [0.15, 0.2) is 53.3 Å². The molecule has 2 amide bonds. The molecule has 3 aliphatic heterocycles. The number of hydrogen-bond acceptors (Lipinski definition) is 6. The summed E-state index contributed by atoms with van der Waals surface area (Å²) in [6.45, 7) is 5.48. The monoisotopic (exact) mass is 459 g/mol. The predicted octanol–water partition coefficient (Wildman–Crippen LogP) is 1.86. The van der Waals surface area contributed by atoms with Crippen LogP contribution < -0.4 is 21.1 Å². The highest BCUT2D eigenvalue weighted by Crippen LogP contribution is 2.54. The molecule has 5 atom stereocenters. The molecule has 34 heavy (non-hydrogen) atoms. The Hall–Kier alpha value is -3.56. The summed E-state index contributed by atoms with van der Waals surface area (Å²) in [6, 6.07) is 14.1. The third-order valence-electron chi connectivity index (χ3n) is 7.33. The molecule has 0 aliphatic carbocycles. The molecule has 4 heterocycles. The summed E-state index contributed by atoms with van der Waals surface area (Å²) in [5.74, 6) is 0.277. The van der Waals surface area contributed by atoms with E-state index in [1.54, 1.807) is 34.6 Å². The fourth-order valence-electron chi connectivity index (χ4n) is 5.92. The minimum atomic E-state index is -1.44. The summed E-state index contributed by atoms with van der Waals surface area (Å²) in [5, 5.41) is 6.70. The van der Waals surface area contributed by atoms with Crippen molar-refractivity contribution in [3.63, 3.8) is 0 Å². The number of aromatic nitrogens is 2. The van der Waals surface area contributed by atoms with Crippen LogP contribution in [0.25, 0.3) is 10.9 Å². The van der Waals surface area contributed by atoms with Crippen LogP contribution in [0, 0.1) is 0 Å². The van der Waals surface area contributed by atoms with Crippen molar-refractivity contribution in [3.05, 3.63) is 70.3 Å². The Bertz CT molecular complexity index is 1420. The van der Waals surface area contributed by atoms with Crippen molar-refractivity contribution in [1.29, 1.82) is 0 Å². The molecule has 2 N–H and O–H groups in total. The minimum absolute atomic E-state index is 0.0431. The van der Waals surface area contributed by atoms with Gasteiger partial charge in [-0.25, -0.2) is 4.98 Å². The molecular formula is C25H25N5O4. The van der Waals surface area contributed by atoms with Crippen LogP contribution in [0.1, 0.15) is 44.6 Å². The second-order valence-corrected chi connectivity index (χ2v) is 9.48. The van der Waals surface area contributed by atoms with Crippen molar-refractivity contribution in [2.45, 2.75) is 56.8 Å². The van der Waals surface area contributed by atoms with Crippen LogP contribution in [0.3, 0.4) is 0 Å². The summed E-state index contributed by atoms with van der Waals surface area (Å²) in [4.78, 5) is 45.2. The first kappa shape index (κ1) is 21.0. The van der Waals surface area contributed by atoms with Gasteiger partial charge in [0.15, 0.2) is 11.5 Å². The van der Waals surface area contributed by atoms with E-state index in [2.05, 4.69) is 10.6 Å². The third-order valence-corrected chi connectivity index (χ3v) is 7.33. The molecule has 6 rings (SSSR count). The standard InChI is InChI=1S/C25H25N5O4/c1-14-12-25(17-9-5-7-11-19(17)30-20(32)15(2)27-23(25)30)34-24(3,26-13-31)22-28-18-10-6-4-8-16(18)21(33)29(14)22/h4-11,13-15,23,27H,12H2,1-3H3,(H,26,31)/t14-,15-,23-,24+,25-/m0/s1. The average Bonchev–Trinajstić information content (AvgIpc) is 3.22. The molecular weight excluding hydrogens is 434 g/mol. The fourth-order valence-corrected chi connectivity index (χ4v) is 5.92. The van der Waals surface area contributed by atoms with Crippen molar-refractivity contribution in [1.82, 2.24) is 20.2 Å². The van der Waals surface area contributed by atoms with Crippen LogP contribution in [-0.2, 0) is 25.7 Å². The number of rotatable bonds is 2. The maximum Gasteiger partial charge on any atom is 0.261 e. The Kier molecular flexibility index (Phi) is 4.31. The number of nitrogens with zero attached hydrogens (tertiary/aromatic N) is 3. The number of amides is 2.